The number of aliphatic hydroxyl groups is 2. The Morgan fingerprint density at radius 2 is 0.800 bits per heavy atom. The number of aliphatic hydroxyl groups excluding tert-OH is 2. The fraction of sp³-hybridized carbons (Fsp3) is 0.810. The molecule has 3 N–H and O–H groups in total. The number of ether oxygens (including phenoxy) is 5. The number of hydrogen-bond donors (Lipinski definition) is 3. The van der Waals surface area contributed by atoms with Crippen LogP contribution in [0.1, 0.15) is 278 Å². The van der Waals surface area contributed by atoms with E-state index in [4.69, 9.17) is 23.7 Å². The van der Waals surface area contributed by atoms with E-state index in [-0.39, 0.29) is 25.9 Å². The molecule has 6 atom stereocenters. The van der Waals surface area contributed by atoms with Crippen molar-refractivity contribution in [2.24, 2.45) is 0 Å². The molecule has 1 aliphatic heterocycles. The van der Waals surface area contributed by atoms with Gasteiger partial charge in [-0.3, -0.25) is 14.4 Å². The fourth-order valence-electron chi connectivity index (χ4n) is 9.13. The number of carboxylic acid groups (broad SMARTS) is 1. The smallest absolute Gasteiger partial charge is 0.335 e. The lowest BCUT2D eigenvalue weighted by Gasteiger charge is -2.40. The van der Waals surface area contributed by atoms with Gasteiger partial charge in [-0.1, -0.05) is 223 Å². The second-order valence-electron chi connectivity index (χ2n) is 21.0. The summed E-state index contributed by atoms with van der Waals surface area (Å²) < 4.78 is 28.4. The van der Waals surface area contributed by atoms with Gasteiger partial charge in [0.25, 0.3) is 0 Å². The van der Waals surface area contributed by atoms with Crippen molar-refractivity contribution in [3.05, 3.63) is 48.6 Å². The standard InChI is InChI=1S/C63H110O12/c1-4-7-10-13-16-19-22-24-26-27-28-29-31-32-35-37-40-43-46-49-55(64)71-52-54(73-56(65)50-47-44-41-39-36-33-30-25-23-20-17-14-11-8-5-2)53-72-63-61(59(68)58(67)60(75-63)62(69)70)74-57(66)51-48-45-42-38-34-21-18-15-12-9-6-3/h16,19,24-26,28-30,54,58-61,63,67-68H,4-15,17-18,20-23,27,31-53H2,1-3H3,(H,69,70)/b19-16-,26-24-,29-28-,30-25-. The molecule has 0 saturated carbocycles. The monoisotopic (exact) mass is 1060 g/mol. The second-order valence-corrected chi connectivity index (χ2v) is 21.0. The Hall–Kier alpha value is -3.32. The van der Waals surface area contributed by atoms with Crippen LogP contribution in [0.5, 0.6) is 0 Å². The molecular weight excluding hydrogens is 949 g/mol. The van der Waals surface area contributed by atoms with Gasteiger partial charge >= 0.3 is 23.9 Å². The van der Waals surface area contributed by atoms with Gasteiger partial charge in [0.15, 0.2) is 24.6 Å². The molecule has 75 heavy (non-hydrogen) atoms. The van der Waals surface area contributed by atoms with Crippen molar-refractivity contribution in [1.29, 1.82) is 0 Å². The van der Waals surface area contributed by atoms with Crippen LogP contribution in [0.3, 0.4) is 0 Å². The number of hydrogen-bond acceptors (Lipinski definition) is 11. The van der Waals surface area contributed by atoms with E-state index < -0.39 is 67.3 Å². The van der Waals surface area contributed by atoms with Crippen molar-refractivity contribution in [3.63, 3.8) is 0 Å². The summed E-state index contributed by atoms with van der Waals surface area (Å²) in [7, 11) is 0. The van der Waals surface area contributed by atoms with Crippen molar-refractivity contribution >= 4 is 23.9 Å². The minimum Gasteiger partial charge on any atom is -0.479 e. The Balaban J connectivity index is 2.68. The maximum absolute atomic E-state index is 13.1. The number of esters is 3. The summed E-state index contributed by atoms with van der Waals surface area (Å²) in [4.78, 5) is 51.1. The van der Waals surface area contributed by atoms with Crippen LogP contribution in [0.25, 0.3) is 0 Å². The summed E-state index contributed by atoms with van der Waals surface area (Å²) in [5, 5.41) is 31.5. The van der Waals surface area contributed by atoms with Crippen LogP contribution in [0.15, 0.2) is 48.6 Å². The molecule has 6 unspecified atom stereocenters. The SMILES string of the molecule is CCCCC/C=C\C/C=C\C/C=C\CCCCCCCCC(=O)OCC(COC1OC(C(=O)O)C(O)C(O)C1OC(=O)CCCCCCCCCCCCC)OC(=O)CCCCCCC/C=C\CCCCCCCC. The average Bonchev–Trinajstić information content (AvgIpc) is 3.39. The molecule has 0 amide bonds. The molecule has 0 aromatic heterocycles. The second kappa shape index (κ2) is 51.4. The van der Waals surface area contributed by atoms with Gasteiger partial charge in [-0.15, -0.1) is 0 Å². The Bertz CT molecular complexity index is 1490. The van der Waals surface area contributed by atoms with Gasteiger partial charge in [0, 0.05) is 19.3 Å². The van der Waals surface area contributed by atoms with E-state index in [0.717, 1.165) is 116 Å². The molecule has 0 aromatic rings. The summed E-state index contributed by atoms with van der Waals surface area (Å²) in [6.45, 7) is 5.95. The molecule has 434 valence electrons. The van der Waals surface area contributed by atoms with Crippen LogP contribution in [0.4, 0.5) is 0 Å². The van der Waals surface area contributed by atoms with Crippen LogP contribution < -0.4 is 0 Å². The van der Waals surface area contributed by atoms with E-state index in [1.54, 1.807) is 0 Å². The number of allylic oxidation sites excluding steroid dienone is 8. The third-order valence-corrected chi connectivity index (χ3v) is 13.9. The summed E-state index contributed by atoms with van der Waals surface area (Å²) in [6, 6.07) is 0. The van der Waals surface area contributed by atoms with Crippen molar-refractivity contribution in [2.75, 3.05) is 13.2 Å². The molecular formula is C63H110O12. The molecule has 0 aromatic carbocycles. The van der Waals surface area contributed by atoms with Gasteiger partial charge in [-0.2, -0.15) is 0 Å². The summed E-state index contributed by atoms with van der Waals surface area (Å²) in [5.74, 6) is -3.13. The highest BCUT2D eigenvalue weighted by Gasteiger charge is 2.50. The molecule has 1 heterocycles. The van der Waals surface area contributed by atoms with Gasteiger partial charge in [0.2, 0.25) is 0 Å². The fourth-order valence-corrected chi connectivity index (χ4v) is 9.13. The highest BCUT2D eigenvalue weighted by atomic mass is 16.7. The number of rotatable bonds is 52. The molecule has 0 bridgehead atoms. The van der Waals surface area contributed by atoms with E-state index in [9.17, 15) is 34.5 Å². The number of carbonyl (C=O) groups excluding carboxylic acids is 3. The van der Waals surface area contributed by atoms with E-state index >= 15 is 0 Å². The molecule has 1 saturated heterocycles. The third-order valence-electron chi connectivity index (χ3n) is 13.9. The van der Waals surface area contributed by atoms with Gasteiger partial charge in [-0.05, 0) is 83.5 Å². The molecule has 0 spiro atoms. The lowest BCUT2D eigenvalue weighted by atomic mass is 9.98. The number of carboxylic acids is 1. The first-order valence-corrected chi connectivity index (χ1v) is 30.6. The molecule has 0 radical (unpaired) electrons. The quantitative estimate of drug-likeness (QED) is 0.0228. The average molecular weight is 1060 g/mol. The first kappa shape index (κ1) is 69.7. The van der Waals surface area contributed by atoms with Crippen LogP contribution in [0, 0.1) is 0 Å². The predicted octanol–water partition coefficient (Wildman–Crippen LogP) is 15.8. The van der Waals surface area contributed by atoms with Gasteiger partial charge in [0.05, 0.1) is 6.61 Å². The molecule has 1 rings (SSSR count). The molecule has 0 aliphatic carbocycles. The lowest BCUT2D eigenvalue weighted by molar-refractivity contribution is -0.301. The zero-order valence-electron chi connectivity index (χ0n) is 47.8. The van der Waals surface area contributed by atoms with Crippen LogP contribution in [-0.4, -0.2) is 89.2 Å². The minimum atomic E-state index is -1.90. The van der Waals surface area contributed by atoms with E-state index in [0.29, 0.717) is 19.3 Å². The van der Waals surface area contributed by atoms with Gasteiger partial charge in [-0.25, -0.2) is 4.79 Å². The van der Waals surface area contributed by atoms with Crippen LogP contribution in [-0.2, 0) is 42.9 Å². The molecule has 1 aliphatic rings. The first-order chi connectivity index (χ1) is 36.6. The Morgan fingerprint density at radius 1 is 0.440 bits per heavy atom. The highest BCUT2D eigenvalue weighted by Crippen LogP contribution is 2.26. The van der Waals surface area contributed by atoms with Gasteiger partial charge in [0.1, 0.15) is 18.8 Å². The van der Waals surface area contributed by atoms with E-state index in [1.165, 1.54) is 103 Å². The Labute approximate surface area is 456 Å². The highest BCUT2D eigenvalue weighted by molar-refractivity contribution is 5.74. The predicted molar refractivity (Wildman–Crippen MR) is 303 cm³/mol. The third kappa shape index (κ3) is 41.5. The first-order valence-electron chi connectivity index (χ1n) is 30.6. The zero-order chi connectivity index (χ0) is 54.7. The largest absolute Gasteiger partial charge is 0.479 e. The van der Waals surface area contributed by atoms with Crippen molar-refractivity contribution in [3.8, 4) is 0 Å². The normalized spacial score (nSPS) is 18.4. The summed E-state index contributed by atoms with van der Waals surface area (Å²) in [6.07, 6.45) is 49.4. The van der Waals surface area contributed by atoms with Crippen LogP contribution in [0.2, 0.25) is 0 Å². The van der Waals surface area contributed by atoms with Gasteiger partial charge < -0.3 is 39.0 Å². The van der Waals surface area contributed by atoms with Crippen molar-refractivity contribution in [1.82, 2.24) is 0 Å². The van der Waals surface area contributed by atoms with Crippen LogP contribution >= 0.6 is 0 Å². The van der Waals surface area contributed by atoms with Crippen molar-refractivity contribution < 1.29 is 58.2 Å². The molecule has 12 heteroatoms. The van der Waals surface area contributed by atoms with E-state index in [2.05, 4.69) is 69.4 Å². The lowest BCUT2D eigenvalue weighted by Crippen LogP contribution is -2.61. The maximum atomic E-state index is 13.1. The number of unbranched alkanes of at least 4 members (excludes halogenated alkanes) is 30. The Morgan fingerprint density at radius 3 is 1.25 bits per heavy atom. The summed E-state index contributed by atoms with van der Waals surface area (Å²) >= 11 is 0. The van der Waals surface area contributed by atoms with Crippen molar-refractivity contribution in [2.45, 2.75) is 314 Å². The number of carbonyl (C=O) groups is 4. The number of aliphatic carboxylic acids is 1. The minimum absolute atomic E-state index is 0.0613. The summed E-state index contributed by atoms with van der Waals surface area (Å²) in [5.41, 5.74) is 0. The zero-order valence-corrected chi connectivity index (χ0v) is 47.8. The topological polar surface area (TPSA) is 175 Å². The molecule has 12 nitrogen and oxygen atoms in total. The van der Waals surface area contributed by atoms with E-state index in [1.807, 2.05) is 0 Å². The molecule has 1 fully saturated rings. The Kier molecular flexibility index (Phi) is 47.8. The maximum Gasteiger partial charge on any atom is 0.335 e.